The smallest absolute Gasteiger partial charge is 0.353 e. The fourth-order valence-electron chi connectivity index (χ4n) is 2.38. The van der Waals surface area contributed by atoms with Gasteiger partial charge in [0.05, 0.1) is 0 Å². The number of hydrogen-bond donors (Lipinski definition) is 2. The van der Waals surface area contributed by atoms with E-state index in [0.29, 0.717) is 6.54 Å². The first-order chi connectivity index (χ1) is 8.94. The molecule has 0 radical (unpaired) electrons. The summed E-state index contributed by atoms with van der Waals surface area (Å²) >= 11 is 0. The average Bonchev–Trinajstić information content (AvgIpc) is 2.75. The van der Waals surface area contributed by atoms with Gasteiger partial charge in [0.2, 0.25) is 6.10 Å². The van der Waals surface area contributed by atoms with Gasteiger partial charge in [-0.3, -0.25) is 4.79 Å². The maximum absolute atomic E-state index is 11.9. The van der Waals surface area contributed by atoms with E-state index in [1.54, 1.807) is 0 Å². The standard InChI is InChI=1S/C12H19N3O4/c1-15(2)12(4-3-5-12)7-13-10(16)9-6-8(11(17)18)14-19-9/h9H,3-7H2,1-2H3,(H,13,16)(H,17,18). The molecule has 1 saturated carbocycles. The predicted octanol–water partition coefficient (Wildman–Crippen LogP) is -0.184. The second-order valence-corrected chi connectivity index (χ2v) is 5.33. The van der Waals surface area contributed by atoms with Crippen LogP contribution < -0.4 is 5.32 Å². The first-order valence-corrected chi connectivity index (χ1v) is 6.36. The number of carboxylic acids is 1. The summed E-state index contributed by atoms with van der Waals surface area (Å²) in [6.07, 6.45) is 2.49. The number of amides is 1. The Morgan fingerprint density at radius 3 is 2.63 bits per heavy atom. The zero-order chi connectivity index (χ0) is 14.0. The lowest BCUT2D eigenvalue weighted by Crippen LogP contribution is -2.58. The van der Waals surface area contributed by atoms with Gasteiger partial charge in [0.25, 0.3) is 5.91 Å². The normalized spacial score (nSPS) is 24.4. The van der Waals surface area contributed by atoms with Crippen LogP contribution in [-0.4, -0.2) is 59.9 Å². The van der Waals surface area contributed by atoms with E-state index in [-0.39, 0.29) is 23.6 Å². The molecule has 1 aliphatic heterocycles. The van der Waals surface area contributed by atoms with Crippen LogP contribution in [0.4, 0.5) is 0 Å². The fraction of sp³-hybridized carbons (Fsp3) is 0.750. The van der Waals surface area contributed by atoms with Crippen LogP contribution in [0, 0.1) is 0 Å². The summed E-state index contributed by atoms with van der Waals surface area (Å²) in [5.41, 5.74) is -0.0730. The predicted molar refractivity (Wildman–Crippen MR) is 67.8 cm³/mol. The fourth-order valence-corrected chi connectivity index (χ4v) is 2.38. The second-order valence-electron chi connectivity index (χ2n) is 5.33. The van der Waals surface area contributed by atoms with Crippen molar-refractivity contribution in [2.45, 2.75) is 37.3 Å². The molecule has 106 valence electrons. The molecule has 0 saturated heterocycles. The number of carbonyl (C=O) groups excluding carboxylic acids is 1. The van der Waals surface area contributed by atoms with Crippen molar-refractivity contribution in [3.05, 3.63) is 0 Å². The molecule has 1 heterocycles. The summed E-state index contributed by atoms with van der Waals surface area (Å²) in [6.45, 7) is 0.557. The molecule has 2 aliphatic rings. The number of aliphatic carboxylic acids is 1. The molecule has 0 spiro atoms. The number of likely N-dealkylation sites (N-methyl/N-ethyl adjacent to an activating group) is 1. The number of carbonyl (C=O) groups is 2. The third kappa shape index (κ3) is 2.70. The van der Waals surface area contributed by atoms with Crippen molar-refractivity contribution in [2.24, 2.45) is 5.16 Å². The van der Waals surface area contributed by atoms with Crippen LogP contribution in [0.3, 0.4) is 0 Å². The van der Waals surface area contributed by atoms with Crippen molar-refractivity contribution in [2.75, 3.05) is 20.6 Å². The zero-order valence-corrected chi connectivity index (χ0v) is 11.2. The Kier molecular flexibility index (Phi) is 3.75. The highest BCUT2D eigenvalue weighted by atomic mass is 16.6. The maximum Gasteiger partial charge on any atom is 0.353 e. The van der Waals surface area contributed by atoms with Gasteiger partial charge in [-0.05, 0) is 33.4 Å². The van der Waals surface area contributed by atoms with Gasteiger partial charge in [-0.1, -0.05) is 5.16 Å². The number of nitrogens with one attached hydrogen (secondary N) is 1. The number of hydrogen-bond acceptors (Lipinski definition) is 5. The van der Waals surface area contributed by atoms with E-state index >= 15 is 0 Å². The van der Waals surface area contributed by atoms with E-state index in [2.05, 4.69) is 15.4 Å². The third-order valence-electron chi connectivity index (χ3n) is 4.03. The average molecular weight is 269 g/mol. The highest BCUT2D eigenvalue weighted by Crippen LogP contribution is 2.35. The van der Waals surface area contributed by atoms with Gasteiger partial charge in [0, 0.05) is 18.5 Å². The number of nitrogens with zero attached hydrogens (tertiary/aromatic N) is 2. The van der Waals surface area contributed by atoms with Gasteiger partial charge in [-0.15, -0.1) is 0 Å². The Hall–Kier alpha value is -1.63. The number of carboxylic acid groups (broad SMARTS) is 1. The molecule has 0 aromatic carbocycles. The molecule has 1 aliphatic carbocycles. The van der Waals surface area contributed by atoms with Crippen LogP contribution in [-0.2, 0) is 14.4 Å². The molecule has 2 N–H and O–H groups in total. The maximum atomic E-state index is 11.9. The van der Waals surface area contributed by atoms with Crippen molar-refractivity contribution in [3.63, 3.8) is 0 Å². The highest BCUT2D eigenvalue weighted by molar-refractivity contribution is 6.36. The molecule has 0 bridgehead atoms. The summed E-state index contributed by atoms with van der Waals surface area (Å²) in [5, 5.41) is 15.0. The molecule has 1 unspecified atom stereocenters. The van der Waals surface area contributed by atoms with Gasteiger partial charge in [-0.25, -0.2) is 4.79 Å². The van der Waals surface area contributed by atoms with Gasteiger partial charge in [-0.2, -0.15) is 0 Å². The lowest BCUT2D eigenvalue weighted by atomic mass is 9.75. The molecule has 19 heavy (non-hydrogen) atoms. The van der Waals surface area contributed by atoms with E-state index < -0.39 is 12.1 Å². The minimum atomic E-state index is -1.14. The molecule has 2 rings (SSSR count). The Morgan fingerprint density at radius 1 is 1.53 bits per heavy atom. The molecule has 0 aromatic heterocycles. The van der Waals surface area contributed by atoms with Crippen LogP contribution in [0.1, 0.15) is 25.7 Å². The molecule has 7 nitrogen and oxygen atoms in total. The summed E-state index contributed by atoms with van der Waals surface area (Å²) in [7, 11) is 4.01. The van der Waals surface area contributed by atoms with Gasteiger partial charge in [0.1, 0.15) is 0 Å². The number of oxime groups is 1. The van der Waals surface area contributed by atoms with Gasteiger partial charge in [0.15, 0.2) is 5.71 Å². The van der Waals surface area contributed by atoms with Crippen LogP contribution in [0.5, 0.6) is 0 Å². The first-order valence-electron chi connectivity index (χ1n) is 6.36. The largest absolute Gasteiger partial charge is 0.477 e. The molecule has 1 fully saturated rings. The molecule has 1 atom stereocenters. The summed E-state index contributed by atoms with van der Waals surface area (Å²) < 4.78 is 0. The zero-order valence-electron chi connectivity index (χ0n) is 11.2. The van der Waals surface area contributed by atoms with E-state index in [9.17, 15) is 9.59 Å². The molecular formula is C12H19N3O4. The van der Waals surface area contributed by atoms with Crippen LogP contribution in [0.15, 0.2) is 5.16 Å². The van der Waals surface area contributed by atoms with E-state index in [4.69, 9.17) is 9.94 Å². The Morgan fingerprint density at radius 2 is 2.21 bits per heavy atom. The summed E-state index contributed by atoms with van der Waals surface area (Å²) in [5.74, 6) is -1.44. The third-order valence-corrected chi connectivity index (χ3v) is 4.03. The minimum absolute atomic E-state index is 0.0239. The first kappa shape index (κ1) is 13.8. The van der Waals surface area contributed by atoms with Gasteiger partial charge >= 0.3 is 5.97 Å². The summed E-state index contributed by atoms with van der Waals surface area (Å²) in [6, 6.07) is 0. The van der Waals surface area contributed by atoms with Gasteiger partial charge < -0.3 is 20.2 Å². The lowest BCUT2D eigenvalue weighted by molar-refractivity contribution is -0.132. The second kappa shape index (κ2) is 5.16. The SMILES string of the molecule is CN(C)C1(CNC(=O)C2CC(C(=O)O)=NO2)CCC1. The number of rotatable bonds is 5. The molecular weight excluding hydrogens is 250 g/mol. The lowest BCUT2D eigenvalue weighted by Gasteiger charge is -2.47. The molecule has 7 heteroatoms. The van der Waals surface area contributed by atoms with Crippen LogP contribution in [0.25, 0.3) is 0 Å². The van der Waals surface area contributed by atoms with Crippen molar-refractivity contribution < 1.29 is 19.5 Å². The van der Waals surface area contributed by atoms with Crippen LogP contribution in [0.2, 0.25) is 0 Å². The van der Waals surface area contributed by atoms with E-state index in [1.165, 1.54) is 6.42 Å². The van der Waals surface area contributed by atoms with Crippen molar-refractivity contribution in [1.29, 1.82) is 0 Å². The quantitative estimate of drug-likeness (QED) is 0.722. The Bertz CT molecular complexity index is 415. The molecule has 0 aromatic rings. The van der Waals surface area contributed by atoms with Crippen molar-refractivity contribution >= 4 is 17.6 Å². The Balaban J connectivity index is 1.82. The van der Waals surface area contributed by atoms with Crippen molar-refractivity contribution in [1.82, 2.24) is 10.2 Å². The summed E-state index contributed by atoms with van der Waals surface area (Å²) in [4.78, 5) is 29.6. The monoisotopic (exact) mass is 269 g/mol. The van der Waals surface area contributed by atoms with E-state index in [0.717, 1.165) is 12.8 Å². The van der Waals surface area contributed by atoms with E-state index in [1.807, 2.05) is 14.1 Å². The molecule has 1 amide bonds. The topological polar surface area (TPSA) is 91.2 Å². The van der Waals surface area contributed by atoms with Crippen molar-refractivity contribution in [3.8, 4) is 0 Å². The highest BCUT2D eigenvalue weighted by Gasteiger charge is 2.40. The minimum Gasteiger partial charge on any atom is -0.477 e. The van der Waals surface area contributed by atoms with Crippen LogP contribution >= 0.6 is 0 Å². The Labute approximate surface area is 111 Å².